The van der Waals surface area contributed by atoms with E-state index >= 15 is 0 Å². The largest absolute Gasteiger partial charge is 0.326 e. The maximum atomic E-state index is 12.9. The summed E-state index contributed by atoms with van der Waals surface area (Å²) in [6.45, 7) is 1.29. The SMILES string of the molecule is O=C(CCn1cnc2ccccc2c1=O)Nc1ccc(S(=O)(=O)N2CCCCCC2)cc1. The summed E-state index contributed by atoms with van der Waals surface area (Å²) in [5, 5.41) is 3.26. The number of carbonyl (C=O) groups excluding carboxylic acids is 1. The number of anilines is 1. The minimum atomic E-state index is -3.52. The van der Waals surface area contributed by atoms with Gasteiger partial charge in [0.1, 0.15) is 0 Å². The van der Waals surface area contributed by atoms with Crippen LogP contribution in [-0.2, 0) is 21.4 Å². The van der Waals surface area contributed by atoms with Crippen LogP contribution in [0.25, 0.3) is 10.9 Å². The Kier molecular flexibility index (Phi) is 6.66. The molecule has 8 nitrogen and oxygen atoms in total. The lowest BCUT2D eigenvalue weighted by Gasteiger charge is -2.20. The third-order valence-electron chi connectivity index (χ3n) is 5.65. The van der Waals surface area contributed by atoms with Gasteiger partial charge in [0.25, 0.3) is 5.56 Å². The topological polar surface area (TPSA) is 101 Å². The van der Waals surface area contributed by atoms with Gasteiger partial charge in [-0.2, -0.15) is 4.31 Å². The van der Waals surface area contributed by atoms with Crippen molar-refractivity contribution in [1.82, 2.24) is 13.9 Å². The number of aromatic nitrogens is 2. The van der Waals surface area contributed by atoms with Gasteiger partial charge in [-0.15, -0.1) is 0 Å². The molecule has 0 bridgehead atoms. The predicted molar refractivity (Wildman–Crippen MR) is 123 cm³/mol. The van der Waals surface area contributed by atoms with E-state index in [2.05, 4.69) is 10.3 Å². The predicted octanol–water partition coefficient (Wildman–Crippen LogP) is 2.99. The van der Waals surface area contributed by atoms with Crippen molar-refractivity contribution < 1.29 is 13.2 Å². The summed E-state index contributed by atoms with van der Waals surface area (Å²) < 4.78 is 28.7. The molecule has 4 rings (SSSR count). The van der Waals surface area contributed by atoms with Gasteiger partial charge in [-0.3, -0.25) is 14.2 Å². The van der Waals surface area contributed by atoms with Crippen molar-refractivity contribution >= 4 is 32.5 Å². The van der Waals surface area contributed by atoms with Crippen LogP contribution in [0.1, 0.15) is 32.1 Å². The molecule has 32 heavy (non-hydrogen) atoms. The summed E-state index contributed by atoms with van der Waals surface area (Å²) in [4.78, 5) is 29.3. The van der Waals surface area contributed by atoms with E-state index in [0.29, 0.717) is 29.7 Å². The van der Waals surface area contributed by atoms with E-state index in [0.717, 1.165) is 25.7 Å². The van der Waals surface area contributed by atoms with Crippen LogP contribution in [-0.4, -0.2) is 41.3 Å². The molecule has 1 fully saturated rings. The Balaban J connectivity index is 1.38. The molecule has 1 aliphatic heterocycles. The maximum Gasteiger partial charge on any atom is 0.261 e. The highest BCUT2D eigenvalue weighted by atomic mass is 32.2. The number of hydrogen-bond acceptors (Lipinski definition) is 5. The van der Waals surface area contributed by atoms with Crippen LogP contribution >= 0.6 is 0 Å². The number of nitrogens with one attached hydrogen (secondary N) is 1. The van der Waals surface area contributed by atoms with E-state index in [9.17, 15) is 18.0 Å². The van der Waals surface area contributed by atoms with Gasteiger partial charge >= 0.3 is 0 Å². The molecule has 1 aliphatic rings. The van der Waals surface area contributed by atoms with Gasteiger partial charge in [0.15, 0.2) is 0 Å². The lowest BCUT2D eigenvalue weighted by molar-refractivity contribution is -0.116. The monoisotopic (exact) mass is 454 g/mol. The van der Waals surface area contributed by atoms with E-state index in [1.165, 1.54) is 23.0 Å². The van der Waals surface area contributed by atoms with E-state index in [1.807, 2.05) is 6.07 Å². The fourth-order valence-corrected chi connectivity index (χ4v) is 5.37. The molecule has 2 aromatic carbocycles. The van der Waals surface area contributed by atoms with Crippen molar-refractivity contribution in [3.63, 3.8) is 0 Å². The van der Waals surface area contributed by atoms with Crippen molar-refractivity contribution in [3.8, 4) is 0 Å². The lowest BCUT2D eigenvalue weighted by Crippen LogP contribution is -2.31. The molecule has 0 saturated carbocycles. The molecule has 168 valence electrons. The zero-order valence-electron chi connectivity index (χ0n) is 17.7. The molecule has 1 saturated heterocycles. The molecule has 1 amide bonds. The number of hydrogen-bond donors (Lipinski definition) is 1. The first-order valence-corrected chi connectivity index (χ1v) is 12.2. The first-order valence-electron chi connectivity index (χ1n) is 10.8. The molecular formula is C23H26N4O4S. The highest BCUT2D eigenvalue weighted by Gasteiger charge is 2.25. The normalized spacial score (nSPS) is 15.4. The van der Waals surface area contributed by atoms with Crippen molar-refractivity contribution in [2.75, 3.05) is 18.4 Å². The minimum Gasteiger partial charge on any atom is -0.326 e. The van der Waals surface area contributed by atoms with Gasteiger partial charge in [-0.05, 0) is 49.2 Å². The summed E-state index contributed by atoms with van der Waals surface area (Å²) >= 11 is 0. The van der Waals surface area contributed by atoms with E-state index in [1.54, 1.807) is 34.6 Å². The second-order valence-electron chi connectivity index (χ2n) is 7.90. The number of amides is 1. The third-order valence-corrected chi connectivity index (χ3v) is 7.57. The van der Waals surface area contributed by atoms with Crippen LogP contribution in [0.4, 0.5) is 5.69 Å². The van der Waals surface area contributed by atoms with Gasteiger partial charge in [0, 0.05) is 31.7 Å². The van der Waals surface area contributed by atoms with Gasteiger partial charge in [0.05, 0.1) is 22.1 Å². The fraction of sp³-hybridized carbons (Fsp3) is 0.348. The first-order chi connectivity index (χ1) is 15.4. The number of para-hydroxylation sites is 1. The second kappa shape index (κ2) is 9.62. The van der Waals surface area contributed by atoms with E-state index < -0.39 is 10.0 Å². The molecule has 0 atom stereocenters. The summed E-state index contributed by atoms with van der Waals surface area (Å²) in [5.74, 6) is -0.270. The molecule has 1 N–H and O–H groups in total. The summed E-state index contributed by atoms with van der Waals surface area (Å²) in [7, 11) is -3.52. The zero-order valence-corrected chi connectivity index (χ0v) is 18.6. The number of sulfonamides is 1. The fourth-order valence-electron chi connectivity index (χ4n) is 3.85. The maximum absolute atomic E-state index is 12.9. The van der Waals surface area contributed by atoms with Gasteiger partial charge in [-0.25, -0.2) is 13.4 Å². The number of aryl methyl sites for hydroxylation is 1. The van der Waals surface area contributed by atoms with Crippen LogP contribution in [0.5, 0.6) is 0 Å². The zero-order chi connectivity index (χ0) is 22.6. The standard InChI is InChI=1S/C23H26N4O4S/c28-22(13-16-26-17-24-21-8-4-3-7-20(21)23(26)29)25-18-9-11-19(12-10-18)32(30,31)27-14-5-1-2-6-15-27/h3-4,7-12,17H,1-2,5-6,13-16H2,(H,25,28). The Morgan fingerprint density at radius 3 is 2.38 bits per heavy atom. The molecule has 0 aliphatic carbocycles. The highest BCUT2D eigenvalue weighted by Crippen LogP contribution is 2.22. The molecular weight excluding hydrogens is 428 g/mol. The first kappa shape index (κ1) is 22.2. The quantitative estimate of drug-likeness (QED) is 0.617. The second-order valence-corrected chi connectivity index (χ2v) is 9.84. The average molecular weight is 455 g/mol. The number of carbonyl (C=O) groups is 1. The van der Waals surface area contributed by atoms with Crippen molar-refractivity contribution in [2.45, 2.75) is 43.5 Å². The highest BCUT2D eigenvalue weighted by molar-refractivity contribution is 7.89. The van der Waals surface area contributed by atoms with Crippen LogP contribution in [0.3, 0.4) is 0 Å². The Morgan fingerprint density at radius 2 is 1.66 bits per heavy atom. The van der Waals surface area contributed by atoms with Gasteiger partial charge < -0.3 is 5.32 Å². The van der Waals surface area contributed by atoms with Gasteiger partial charge in [-0.1, -0.05) is 25.0 Å². The number of rotatable bonds is 6. The molecule has 2 heterocycles. The van der Waals surface area contributed by atoms with Crippen LogP contribution in [0, 0.1) is 0 Å². The smallest absolute Gasteiger partial charge is 0.261 e. The third kappa shape index (κ3) is 4.89. The lowest BCUT2D eigenvalue weighted by atomic mass is 10.2. The number of benzene rings is 2. The molecule has 0 spiro atoms. The van der Waals surface area contributed by atoms with Crippen LogP contribution in [0.15, 0.2) is 64.5 Å². The van der Waals surface area contributed by atoms with Crippen molar-refractivity contribution in [1.29, 1.82) is 0 Å². The van der Waals surface area contributed by atoms with E-state index in [4.69, 9.17) is 0 Å². The Hall–Kier alpha value is -3.04. The molecule has 0 radical (unpaired) electrons. The van der Waals surface area contributed by atoms with Crippen molar-refractivity contribution in [2.24, 2.45) is 0 Å². The Bertz CT molecular complexity index is 1260. The van der Waals surface area contributed by atoms with E-state index in [-0.39, 0.29) is 29.3 Å². The minimum absolute atomic E-state index is 0.0910. The molecule has 3 aromatic rings. The van der Waals surface area contributed by atoms with Gasteiger partial charge in [0.2, 0.25) is 15.9 Å². The average Bonchev–Trinajstić information content (AvgIpc) is 3.09. The summed E-state index contributed by atoms with van der Waals surface area (Å²) in [6.07, 6.45) is 5.40. The Morgan fingerprint density at radius 1 is 0.969 bits per heavy atom. The Labute approximate surface area is 186 Å². The number of nitrogens with zero attached hydrogens (tertiary/aromatic N) is 3. The summed E-state index contributed by atoms with van der Waals surface area (Å²) in [5.41, 5.74) is 0.939. The van der Waals surface area contributed by atoms with Crippen LogP contribution in [0.2, 0.25) is 0 Å². The van der Waals surface area contributed by atoms with Crippen LogP contribution < -0.4 is 10.9 Å². The molecule has 9 heteroatoms. The molecule has 1 aromatic heterocycles. The van der Waals surface area contributed by atoms with Crippen molar-refractivity contribution in [3.05, 3.63) is 65.2 Å². The number of fused-ring (bicyclic) bond motifs is 1. The summed E-state index contributed by atoms with van der Waals surface area (Å²) in [6, 6.07) is 13.3. The molecule has 0 unspecified atom stereocenters.